The predicted molar refractivity (Wildman–Crippen MR) is 200 cm³/mol. The van der Waals surface area contributed by atoms with Crippen molar-refractivity contribution in [2.24, 2.45) is 5.92 Å². The van der Waals surface area contributed by atoms with Gasteiger partial charge in [-0.2, -0.15) is 0 Å². The number of aliphatic hydroxyl groups is 1. The van der Waals surface area contributed by atoms with Crippen LogP contribution in [0.1, 0.15) is 207 Å². The van der Waals surface area contributed by atoms with Gasteiger partial charge in [0, 0.05) is 13.0 Å². The molecular formula is C41H81NO5. The first-order valence-electron chi connectivity index (χ1n) is 20.7. The topological polar surface area (TPSA) is 76.1 Å². The summed E-state index contributed by atoms with van der Waals surface area (Å²) in [5.74, 6) is 0.108. The molecule has 0 aromatic carbocycles. The molecule has 0 amide bonds. The van der Waals surface area contributed by atoms with Gasteiger partial charge in [0.05, 0.1) is 25.2 Å². The molecule has 280 valence electrons. The summed E-state index contributed by atoms with van der Waals surface area (Å²) in [7, 11) is 0. The van der Waals surface area contributed by atoms with E-state index in [1.54, 1.807) is 0 Å². The van der Waals surface area contributed by atoms with Gasteiger partial charge in [0.15, 0.2) is 0 Å². The molecule has 0 spiro atoms. The zero-order valence-corrected chi connectivity index (χ0v) is 32.0. The lowest BCUT2D eigenvalue weighted by molar-refractivity contribution is -0.150. The summed E-state index contributed by atoms with van der Waals surface area (Å²) >= 11 is 0. The Bertz CT molecular complexity index is 672. The van der Waals surface area contributed by atoms with Crippen LogP contribution in [0.25, 0.3) is 0 Å². The van der Waals surface area contributed by atoms with Crippen LogP contribution in [-0.4, -0.2) is 60.9 Å². The Kier molecular flexibility index (Phi) is 35.3. The third kappa shape index (κ3) is 31.9. The number of esters is 2. The Morgan fingerprint density at radius 1 is 0.553 bits per heavy atom. The minimum Gasteiger partial charge on any atom is -0.465 e. The van der Waals surface area contributed by atoms with Crippen molar-refractivity contribution in [2.75, 3.05) is 32.8 Å². The van der Waals surface area contributed by atoms with E-state index in [0.29, 0.717) is 13.0 Å². The van der Waals surface area contributed by atoms with E-state index in [-0.39, 0.29) is 30.6 Å². The maximum absolute atomic E-state index is 12.9. The second-order valence-electron chi connectivity index (χ2n) is 14.3. The first kappa shape index (κ1) is 45.9. The van der Waals surface area contributed by atoms with Gasteiger partial charge in [0.2, 0.25) is 0 Å². The van der Waals surface area contributed by atoms with Crippen LogP contribution in [0.3, 0.4) is 0 Å². The summed E-state index contributed by atoms with van der Waals surface area (Å²) in [4.78, 5) is 27.3. The molecule has 0 radical (unpaired) electrons. The Balaban J connectivity index is 3.99. The van der Waals surface area contributed by atoms with E-state index in [1.165, 1.54) is 89.9 Å². The predicted octanol–water partition coefficient (Wildman–Crippen LogP) is 11.4. The van der Waals surface area contributed by atoms with Gasteiger partial charge < -0.3 is 19.5 Å². The fourth-order valence-corrected chi connectivity index (χ4v) is 6.44. The molecule has 2 unspecified atom stereocenters. The minimum atomic E-state index is -0.0416. The molecule has 6 nitrogen and oxygen atoms in total. The summed E-state index contributed by atoms with van der Waals surface area (Å²) in [6.45, 7) is 12.3. The smallest absolute Gasteiger partial charge is 0.308 e. The molecule has 0 aromatic heterocycles. The highest BCUT2D eigenvalue weighted by molar-refractivity contribution is 5.72. The fourth-order valence-electron chi connectivity index (χ4n) is 6.44. The van der Waals surface area contributed by atoms with E-state index >= 15 is 0 Å². The van der Waals surface area contributed by atoms with Crippen molar-refractivity contribution < 1.29 is 24.2 Å². The van der Waals surface area contributed by atoms with E-state index in [9.17, 15) is 14.7 Å². The van der Waals surface area contributed by atoms with E-state index < -0.39 is 0 Å². The van der Waals surface area contributed by atoms with E-state index in [1.807, 2.05) is 6.92 Å². The Hall–Kier alpha value is -1.14. The minimum absolute atomic E-state index is 0.0416. The van der Waals surface area contributed by atoms with Gasteiger partial charge in [0.1, 0.15) is 0 Å². The van der Waals surface area contributed by atoms with Gasteiger partial charge in [-0.25, -0.2) is 0 Å². The Morgan fingerprint density at radius 3 is 1.55 bits per heavy atom. The lowest BCUT2D eigenvalue weighted by Crippen LogP contribution is -2.29. The number of nitrogens with zero attached hydrogens (tertiary/aromatic N) is 1. The van der Waals surface area contributed by atoms with Crippen molar-refractivity contribution in [2.45, 2.75) is 214 Å². The second-order valence-corrected chi connectivity index (χ2v) is 14.3. The first-order valence-corrected chi connectivity index (χ1v) is 20.7. The fraction of sp³-hybridized carbons (Fsp3) is 0.951. The molecule has 47 heavy (non-hydrogen) atoms. The average molecular weight is 668 g/mol. The van der Waals surface area contributed by atoms with E-state index in [4.69, 9.17) is 9.47 Å². The van der Waals surface area contributed by atoms with E-state index in [2.05, 4.69) is 25.7 Å². The molecule has 0 aromatic rings. The third-order valence-corrected chi connectivity index (χ3v) is 9.58. The SMILES string of the molecule is CCCCCCCCC(CCCCCCC)C(=O)OCCCCCCCN(CCO)CCCCCCCC(=O)OC(C)CCCCC. The Morgan fingerprint density at radius 2 is 1.00 bits per heavy atom. The number of ether oxygens (including phenoxy) is 2. The van der Waals surface area contributed by atoms with Crippen LogP contribution in [0.5, 0.6) is 0 Å². The van der Waals surface area contributed by atoms with Crippen LogP contribution in [0.4, 0.5) is 0 Å². The summed E-state index contributed by atoms with van der Waals surface area (Å²) in [6, 6.07) is 0. The van der Waals surface area contributed by atoms with Crippen LogP contribution >= 0.6 is 0 Å². The lowest BCUT2D eigenvalue weighted by atomic mass is 9.94. The zero-order chi connectivity index (χ0) is 34.6. The highest BCUT2D eigenvalue weighted by Gasteiger charge is 2.19. The molecule has 6 heteroatoms. The Labute approximate surface area is 292 Å². The van der Waals surface area contributed by atoms with Crippen molar-refractivity contribution in [1.29, 1.82) is 0 Å². The molecule has 0 saturated carbocycles. The highest BCUT2D eigenvalue weighted by atomic mass is 16.5. The summed E-state index contributed by atoms with van der Waals surface area (Å²) in [5.41, 5.74) is 0. The van der Waals surface area contributed by atoms with Crippen molar-refractivity contribution in [3.05, 3.63) is 0 Å². The van der Waals surface area contributed by atoms with Gasteiger partial charge in [0.25, 0.3) is 0 Å². The number of unbranched alkanes of at least 4 members (excludes halogenated alkanes) is 19. The number of carbonyl (C=O) groups is 2. The monoisotopic (exact) mass is 668 g/mol. The van der Waals surface area contributed by atoms with Crippen molar-refractivity contribution in [1.82, 2.24) is 4.90 Å². The van der Waals surface area contributed by atoms with Crippen molar-refractivity contribution in [3.8, 4) is 0 Å². The van der Waals surface area contributed by atoms with Crippen molar-refractivity contribution in [3.63, 3.8) is 0 Å². The van der Waals surface area contributed by atoms with Crippen LogP contribution in [0, 0.1) is 5.92 Å². The summed E-state index contributed by atoms with van der Waals surface area (Å²) in [5, 5.41) is 9.51. The first-order chi connectivity index (χ1) is 23.0. The number of rotatable bonds is 37. The number of aliphatic hydroxyl groups excluding tert-OH is 1. The number of carbonyl (C=O) groups excluding carboxylic acids is 2. The van der Waals surface area contributed by atoms with Gasteiger partial charge in [-0.1, -0.05) is 143 Å². The molecular weight excluding hydrogens is 586 g/mol. The van der Waals surface area contributed by atoms with Gasteiger partial charge in [-0.05, 0) is 71.4 Å². The maximum atomic E-state index is 12.9. The molecule has 1 N–H and O–H groups in total. The van der Waals surface area contributed by atoms with Gasteiger partial charge >= 0.3 is 11.9 Å². The van der Waals surface area contributed by atoms with Crippen LogP contribution in [0.15, 0.2) is 0 Å². The summed E-state index contributed by atoms with van der Waals surface area (Å²) < 4.78 is 11.3. The standard InChI is InChI=1S/C41H81NO5/c1-5-8-11-13-17-24-31-39(30-23-16-12-9-6-2)41(45)46-37-28-21-15-20-27-34-42(35-36-43)33-26-19-14-18-25-32-40(44)47-38(4)29-22-10-7-3/h38-39,43H,5-37H2,1-4H3. The molecule has 2 atom stereocenters. The zero-order valence-electron chi connectivity index (χ0n) is 32.0. The van der Waals surface area contributed by atoms with Crippen molar-refractivity contribution >= 4 is 11.9 Å². The van der Waals surface area contributed by atoms with Crippen LogP contribution in [-0.2, 0) is 19.1 Å². The van der Waals surface area contributed by atoms with Crippen LogP contribution in [0.2, 0.25) is 0 Å². The quantitative estimate of drug-likeness (QED) is 0.0525. The maximum Gasteiger partial charge on any atom is 0.308 e. The second kappa shape index (κ2) is 36.1. The van der Waals surface area contributed by atoms with E-state index in [0.717, 1.165) is 103 Å². The number of hydrogen-bond acceptors (Lipinski definition) is 6. The molecule has 0 aliphatic heterocycles. The van der Waals surface area contributed by atoms with Gasteiger partial charge in [-0.15, -0.1) is 0 Å². The largest absolute Gasteiger partial charge is 0.465 e. The normalized spacial score (nSPS) is 12.8. The highest BCUT2D eigenvalue weighted by Crippen LogP contribution is 2.21. The molecule has 0 fully saturated rings. The molecule has 0 aliphatic carbocycles. The molecule has 0 saturated heterocycles. The molecule has 0 heterocycles. The van der Waals surface area contributed by atoms with Gasteiger partial charge in [-0.3, -0.25) is 9.59 Å². The lowest BCUT2D eigenvalue weighted by Gasteiger charge is -2.21. The average Bonchev–Trinajstić information content (AvgIpc) is 3.05. The van der Waals surface area contributed by atoms with Crippen LogP contribution < -0.4 is 0 Å². The summed E-state index contributed by atoms with van der Waals surface area (Å²) in [6.07, 6.45) is 32.0. The third-order valence-electron chi connectivity index (χ3n) is 9.58. The molecule has 0 bridgehead atoms. The number of hydrogen-bond donors (Lipinski definition) is 1. The molecule has 0 rings (SSSR count). The molecule has 0 aliphatic rings.